The van der Waals surface area contributed by atoms with E-state index in [-0.39, 0.29) is 0 Å². The summed E-state index contributed by atoms with van der Waals surface area (Å²) >= 11 is 0. The number of hydrogen-bond donors (Lipinski definition) is 0. The summed E-state index contributed by atoms with van der Waals surface area (Å²) in [7, 11) is 0. The molecule has 0 nitrogen and oxygen atoms in total. The Bertz CT molecular complexity index is 223. The molecule has 0 aliphatic heterocycles. The van der Waals surface area contributed by atoms with Gasteiger partial charge in [0.15, 0.2) is 0 Å². The van der Waals surface area contributed by atoms with Crippen molar-refractivity contribution in [2.24, 2.45) is 0 Å². The van der Waals surface area contributed by atoms with Crippen LogP contribution in [-0.4, -0.2) is 0 Å². The zero-order valence-corrected chi connectivity index (χ0v) is 8.39. The van der Waals surface area contributed by atoms with Gasteiger partial charge in [0.05, 0.1) is 0 Å². The minimum atomic E-state index is 0.611. The zero-order valence-electron chi connectivity index (χ0n) is 8.39. The van der Waals surface area contributed by atoms with E-state index in [1.807, 2.05) is 0 Å². The van der Waals surface area contributed by atoms with Gasteiger partial charge in [-0.2, -0.15) is 0 Å². The van der Waals surface area contributed by atoms with Gasteiger partial charge in [-0.15, -0.1) is 0 Å². The lowest BCUT2D eigenvalue weighted by Crippen LogP contribution is -1.92. The molecule has 0 fully saturated rings. The fraction of sp³-hybridized carbons (Fsp3) is 0.500. The van der Waals surface area contributed by atoms with Gasteiger partial charge in [0, 0.05) is 0 Å². The molecule has 0 aliphatic carbocycles. The first kappa shape index (κ1) is 9.31. The molecule has 0 heteroatoms. The largest absolute Gasteiger partial charge is 0.0587 e. The van der Waals surface area contributed by atoms with Crippen LogP contribution >= 0.6 is 0 Å². The molecule has 0 saturated heterocycles. The van der Waals surface area contributed by atoms with Crippen molar-refractivity contribution in [3.8, 4) is 0 Å². The second-order valence-electron chi connectivity index (χ2n) is 3.91. The van der Waals surface area contributed by atoms with Crippen molar-refractivity contribution in [3.05, 3.63) is 35.4 Å². The summed E-state index contributed by atoms with van der Waals surface area (Å²) in [6, 6.07) is 9.64. The van der Waals surface area contributed by atoms with E-state index in [9.17, 15) is 0 Å². The first-order chi connectivity index (χ1) is 5.61. The summed E-state index contributed by atoms with van der Waals surface area (Å²) < 4.78 is 0. The maximum absolute atomic E-state index is 3.19. The molecule has 12 heavy (non-hydrogen) atoms. The van der Waals surface area contributed by atoms with Crippen LogP contribution in [-0.2, 0) is 0 Å². The van der Waals surface area contributed by atoms with Gasteiger partial charge in [-0.3, -0.25) is 0 Å². The van der Waals surface area contributed by atoms with Gasteiger partial charge >= 0.3 is 0 Å². The van der Waals surface area contributed by atoms with E-state index in [1.165, 1.54) is 11.1 Å². The van der Waals surface area contributed by atoms with Crippen molar-refractivity contribution in [3.63, 3.8) is 0 Å². The lowest BCUT2D eigenvalue weighted by molar-refractivity contribution is 0.833. The summed E-state index contributed by atoms with van der Waals surface area (Å²) in [5.41, 5.74) is 2.78. The summed E-state index contributed by atoms with van der Waals surface area (Å²) in [5.74, 6) is 1.22. The van der Waals surface area contributed by atoms with Gasteiger partial charge in [-0.05, 0) is 29.0 Å². The molecule has 0 bridgehead atoms. The van der Waals surface area contributed by atoms with E-state index in [0.717, 1.165) is 0 Å². The normalized spacial score (nSPS) is 11.2. The molecule has 1 radical (unpaired) electrons. The van der Waals surface area contributed by atoms with Gasteiger partial charge < -0.3 is 0 Å². The molecule has 0 saturated carbocycles. The van der Waals surface area contributed by atoms with E-state index in [2.05, 4.69) is 52.0 Å². The Kier molecular flexibility index (Phi) is 2.91. The molecule has 0 atom stereocenters. The Balaban J connectivity index is 2.96. The highest BCUT2D eigenvalue weighted by Gasteiger charge is 2.02. The molecule has 0 spiro atoms. The van der Waals surface area contributed by atoms with Crippen LogP contribution in [0.2, 0.25) is 0 Å². The van der Waals surface area contributed by atoms with E-state index in [4.69, 9.17) is 0 Å². The van der Waals surface area contributed by atoms with E-state index < -0.39 is 0 Å². The van der Waals surface area contributed by atoms with Crippen LogP contribution < -0.4 is 0 Å². The van der Waals surface area contributed by atoms with Crippen LogP contribution in [0.4, 0.5) is 0 Å². The van der Waals surface area contributed by atoms with Gasteiger partial charge in [0.2, 0.25) is 0 Å². The van der Waals surface area contributed by atoms with Crippen molar-refractivity contribution < 1.29 is 0 Å². The molecule has 0 aliphatic rings. The predicted molar refractivity (Wildman–Crippen MR) is 53.5 cm³/mol. The lowest BCUT2D eigenvalue weighted by atomic mass is 9.96. The van der Waals surface area contributed by atoms with Crippen LogP contribution in [0.5, 0.6) is 0 Å². The molecular formula is C12H17. The Morgan fingerprint density at radius 3 is 1.67 bits per heavy atom. The third kappa shape index (κ3) is 2.10. The average molecular weight is 161 g/mol. The molecule has 0 aromatic heterocycles. The van der Waals surface area contributed by atoms with Gasteiger partial charge in [-0.25, -0.2) is 0 Å². The predicted octanol–water partition coefficient (Wildman–Crippen LogP) is 3.73. The third-order valence-electron chi connectivity index (χ3n) is 2.17. The molecule has 0 amide bonds. The van der Waals surface area contributed by atoms with Crippen molar-refractivity contribution in [1.82, 2.24) is 0 Å². The van der Waals surface area contributed by atoms with Crippen LogP contribution in [0.15, 0.2) is 18.2 Å². The maximum Gasteiger partial charge on any atom is -0.0178 e. The Morgan fingerprint density at radius 1 is 0.917 bits per heavy atom. The van der Waals surface area contributed by atoms with Crippen molar-refractivity contribution in [1.29, 1.82) is 0 Å². The number of hydrogen-bond acceptors (Lipinski definition) is 0. The Labute approximate surface area is 75.6 Å². The monoisotopic (exact) mass is 161 g/mol. The summed E-state index contributed by atoms with van der Waals surface area (Å²) in [4.78, 5) is 0. The highest BCUT2D eigenvalue weighted by molar-refractivity contribution is 5.26. The smallest absolute Gasteiger partial charge is 0.0178 e. The molecular weight excluding hydrogens is 144 g/mol. The van der Waals surface area contributed by atoms with Gasteiger partial charge in [0.25, 0.3) is 0 Å². The van der Waals surface area contributed by atoms with Crippen LogP contribution in [0, 0.1) is 6.07 Å². The van der Waals surface area contributed by atoms with E-state index in [0.29, 0.717) is 11.8 Å². The Morgan fingerprint density at radius 2 is 1.33 bits per heavy atom. The molecule has 0 unspecified atom stereocenters. The van der Waals surface area contributed by atoms with Crippen LogP contribution in [0.1, 0.15) is 50.7 Å². The fourth-order valence-corrected chi connectivity index (χ4v) is 1.18. The minimum Gasteiger partial charge on any atom is -0.0587 e. The third-order valence-corrected chi connectivity index (χ3v) is 2.17. The van der Waals surface area contributed by atoms with Crippen molar-refractivity contribution in [2.75, 3.05) is 0 Å². The first-order valence-corrected chi connectivity index (χ1v) is 4.62. The van der Waals surface area contributed by atoms with Crippen molar-refractivity contribution in [2.45, 2.75) is 39.5 Å². The summed E-state index contributed by atoms with van der Waals surface area (Å²) in [6.07, 6.45) is 0. The number of benzene rings is 1. The molecule has 1 aromatic carbocycles. The fourth-order valence-electron chi connectivity index (χ4n) is 1.18. The van der Waals surface area contributed by atoms with Crippen molar-refractivity contribution >= 4 is 0 Å². The topological polar surface area (TPSA) is 0 Å². The highest BCUT2D eigenvalue weighted by atomic mass is 14.1. The van der Waals surface area contributed by atoms with E-state index >= 15 is 0 Å². The lowest BCUT2D eigenvalue weighted by Gasteiger charge is -2.09. The van der Waals surface area contributed by atoms with Gasteiger partial charge in [0.1, 0.15) is 0 Å². The molecule has 1 aromatic rings. The summed E-state index contributed by atoms with van der Waals surface area (Å²) in [5, 5.41) is 0. The number of rotatable bonds is 2. The maximum atomic E-state index is 3.19. The standard InChI is InChI=1S/C12H17/c1-9(2)11-6-5-7-12(8-11)10(3)4/h6-10H,1-4H3. The minimum absolute atomic E-state index is 0.611. The second-order valence-corrected chi connectivity index (χ2v) is 3.91. The molecule has 1 rings (SSSR count). The Hall–Kier alpha value is -0.780. The SMILES string of the molecule is CC(C)c1c[c]cc(C(C)C)c1. The average Bonchev–Trinajstić information content (AvgIpc) is 2.04. The van der Waals surface area contributed by atoms with Gasteiger partial charge in [-0.1, -0.05) is 45.9 Å². The van der Waals surface area contributed by atoms with E-state index in [1.54, 1.807) is 0 Å². The van der Waals surface area contributed by atoms with Crippen LogP contribution in [0.25, 0.3) is 0 Å². The summed E-state index contributed by atoms with van der Waals surface area (Å²) in [6.45, 7) is 8.86. The second kappa shape index (κ2) is 3.75. The highest BCUT2D eigenvalue weighted by Crippen LogP contribution is 2.20. The quantitative estimate of drug-likeness (QED) is 0.620. The molecule has 65 valence electrons. The zero-order chi connectivity index (χ0) is 9.14. The molecule has 0 heterocycles. The first-order valence-electron chi connectivity index (χ1n) is 4.62. The molecule has 0 N–H and O–H groups in total. The van der Waals surface area contributed by atoms with Crippen LogP contribution in [0.3, 0.4) is 0 Å².